The maximum absolute atomic E-state index is 11.9. The van der Waals surface area contributed by atoms with Crippen LogP contribution in [-0.4, -0.2) is 21.7 Å². The second-order valence-corrected chi connectivity index (χ2v) is 6.63. The third-order valence-electron chi connectivity index (χ3n) is 2.84. The first-order chi connectivity index (χ1) is 10.7. The molecule has 0 radical (unpaired) electrons. The van der Waals surface area contributed by atoms with E-state index in [4.69, 9.17) is 20.9 Å². The van der Waals surface area contributed by atoms with E-state index in [9.17, 15) is 4.79 Å². The fraction of sp³-hybridized carbons (Fsp3) is 0.353. The number of carbonyl (C=O) groups is 1. The van der Waals surface area contributed by atoms with Crippen molar-refractivity contribution >= 4 is 17.6 Å². The van der Waals surface area contributed by atoms with E-state index in [1.807, 2.05) is 24.3 Å². The van der Waals surface area contributed by atoms with E-state index in [2.05, 4.69) is 16.7 Å². The monoisotopic (exact) mass is 334 g/mol. The molecule has 0 spiro atoms. The van der Waals surface area contributed by atoms with Gasteiger partial charge in [-0.15, -0.1) is 0 Å². The Balaban J connectivity index is 1.95. The molecule has 0 saturated carbocycles. The maximum atomic E-state index is 11.9. The number of hydrogen-bond donors (Lipinski definition) is 0. The Bertz CT molecular complexity index is 699. The standard InChI is InChI=1S/C17H19ClN2O3/c1-11(16(21)22-17(2,3)4)9-15-19-14(20-23-15)10-12-5-7-13(18)8-6-12/h5-8H,1,9-10H2,2-4H3. The summed E-state index contributed by atoms with van der Waals surface area (Å²) in [5.74, 6) is 0.416. The molecule has 6 heteroatoms. The van der Waals surface area contributed by atoms with Crippen LogP contribution >= 0.6 is 11.6 Å². The van der Waals surface area contributed by atoms with Crippen LogP contribution in [0.4, 0.5) is 0 Å². The van der Waals surface area contributed by atoms with Gasteiger partial charge in [0.1, 0.15) is 5.60 Å². The number of carbonyl (C=O) groups excluding carboxylic acids is 1. The average Bonchev–Trinajstić information content (AvgIpc) is 2.86. The van der Waals surface area contributed by atoms with E-state index in [1.165, 1.54) is 0 Å². The second-order valence-electron chi connectivity index (χ2n) is 6.19. The van der Waals surface area contributed by atoms with Crippen molar-refractivity contribution < 1.29 is 14.1 Å². The topological polar surface area (TPSA) is 65.2 Å². The Morgan fingerprint density at radius 1 is 1.30 bits per heavy atom. The molecule has 1 heterocycles. The van der Waals surface area contributed by atoms with Crippen LogP contribution in [0.3, 0.4) is 0 Å². The number of hydrogen-bond acceptors (Lipinski definition) is 5. The van der Waals surface area contributed by atoms with Gasteiger partial charge < -0.3 is 9.26 Å². The first-order valence-corrected chi connectivity index (χ1v) is 7.58. The quantitative estimate of drug-likeness (QED) is 0.615. The Labute approximate surface area is 140 Å². The van der Waals surface area contributed by atoms with Crippen LogP contribution in [0.15, 0.2) is 40.9 Å². The Morgan fingerprint density at radius 3 is 2.57 bits per heavy atom. The molecule has 0 unspecified atom stereocenters. The Kier molecular flexibility index (Phi) is 5.21. The minimum absolute atomic E-state index is 0.169. The van der Waals surface area contributed by atoms with Crippen LogP contribution in [-0.2, 0) is 22.4 Å². The van der Waals surface area contributed by atoms with Crippen molar-refractivity contribution in [3.05, 3.63) is 58.7 Å². The fourth-order valence-electron chi connectivity index (χ4n) is 1.82. The molecule has 23 heavy (non-hydrogen) atoms. The lowest BCUT2D eigenvalue weighted by Crippen LogP contribution is -2.25. The van der Waals surface area contributed by atoms with Crippen molar-refractivity contribution in [2.45, 2.75) is 39.2 Å². The van der Waals surface area contributed by atoms with E-state index in [-0.39, 0.29) is 12.0 Å². The van der Waals surface area contributed by atoms with Crippen LogP contribution in [0.25, 0.3) is 0 Å². The molecular weight excluding hydrogens is 316 g/mol. The van der Waals surface area contributed by atoms with Gasteiger partial charge in [-0.05, 0) is 38.5 Å². The van der Waals surface area contributed by atoms with Crippen LogP contribution in [0, 0.1) is 0 Å². The Morgan fingerprint density at radius 2 is 1.96 bits per heavy atom. The van der Waals surface area contributed by atoms with E-state index < -0.39 is 11.6 Å². The minimum atomic E-state index is -0.561. The van der Waals surface area contributed by atoms with Gasteiger partial charge in [-0.1, -0.05) is 35.5 Å². The zero-order valence-electron chi connectivity index (χ0n) is 13.4. The summed E-state index contributed by atoms with van der Waals surface area (Å²) in [5.41, 5.74) is 0.739. The minimum Gasteiger partial charge on any atom is -0.457 e. The largest absolute Gasteiger partial charge is 0.457 e. The SMILES string of the molecule is C=C(Cc1nc(Cc2ccc(Cl)cc2)no1)C(=O)OC(C)(C)C. The van der Waals surface area contributed by atoms with Crippen LogP contribution in [0.2, 0.25) is 5.02 Å². The lowest BCUT2D eigenvalue weighted by molar-refractivity contribution is -0.150. The summed E-state index contributed by atoms with van der Waals surface area (Å²) in [6, 6.07) is 7.42. The molecule has 0 N–H and O–H groups in total. The average molecular weight is 335 g/mol. The molecule has 0 amide bonds. The van der Waals surface area contributed by atoms with Gasteiger partial charge >= 0.3 is 5.97 Å². The first kappa shape index (κ1) is 17.2. The summed E-state index contributed by atoms with van der Waals surface area (Å²) in [4.78, 5) is 16.1. The molecule has 122 valence electrons. The number of ether oxygens (including phenoxy) is 1. The number of aromatic nitrogens is 2. The van der Waals surface area contributed by atoms with Gasteiger partial charge in [0.05, 0.1) is 6.42 Å². The summed E-state index contributed by atoms with van der Waals surface area (Å²) in [5, 5.41) is 4.59. The molecule has 2 rings (SSSR count). The zero-order chi connectivity index (χ0) is 17.0. The van der Waals surface area contributed by atoms with Crippen molar-refractivity contribution in [1.29, 1.82) is 0 Å². The lowest BCUT2D eigenvalue weighted by atomic mass is 10.1. The molecule has 5 nitrogen and oxygen atoms in total. The number of halogens is 1. The molecular formula is C17H19ClN2O3. The summed E-state index contributed by atoms with van der Waals surface area (Å²) in [7, 11) is 0. The highest BCUT2D eigenvalue weighted by atomic mass is 35.5. The molecule has 1 aromatic carbocycles. The number of nitrogens with zero attached hydrogens (tertiary/aromatic N) is 2. The van der Waals surface area contributed by atoms with E-state index in [0.717, 1.165) is 5.56 Å². The highest BCUT2D eigenvalue weighted by Crippen LogP contribution is 2.15. The predicted octanol–water partition coefficient (Wildman–Crippen LogP) is 3.75. The fourth-order valence-corrected chi connectivity index (χ4v) is 1.95. The van der Waals surface area contributed by atoms with Crippen molar-refractivity contribution in [2.24, 2.45) is 0 Å². The van der Waals surface area contributed by atoms with Gasteiger partial charge in [0.25, 0.3) is 0 Å². The molecule has 0 aliphatic carbocycles. The van der Waals surface area contributed by atoms with Gasteiger partial charge in [-0.3, -0.25) is 0 Å². The van der Waals surface area contributed by atoms with Gasteiger partial charge in [-0.2, -0.15) is 4.98 Å². The zero-order valence-corrected chi connectivity index (χ0v) is 14.2. The molecule has 0 aliphatic rings. The van der Waals surface area contributed by atoms with Crippen molar-refractivity contribution in [2.75, 3.05) is 0 Å². The summed E-state index contributed by atoms with van der Waals surface area (Å²) in [6.45, 7) is 9.12. The summed E-state index contributed by atoms with van der Waals surface area (Å²) in [6.07, 6.45) is 0.697. The smallest absolute Gasteiger partial charge is 0.334 e. The van der Waals surface area contributed by atoms with Gasteiger partial charge in [0.15, 0.2) is 5.82 Å². The van der Waals surface area contributed by atoms with Gasteiger partial charge in [0.2, 0.25) is 5.89 Å². The van der Waals surface area contributed by atoms with Crippen LogP contribution in [0.5, 0.6) is 0 Å². The number of esters is 1. The molecule has 1 aromatic heterocycles. The lowest BCUT2D eigenvalue weighted by Gasteiger charge is -2.19. The van der Waals surface area contributed by atoms with Crippen LogP contribution < -0.4 is 0 Å². The second kappa shape index (κ2) is 6.96. The highest BCUT2D eigenvalue weighted by Gasteiger charge is 2.20. The van der Waals surface area contributed by atoms with E-state index >= 15 is 0 Å². The third-order valence-corrected chi connectivity index (χ3v) is 3.09. The van der Waals surface area contributed by atoms with Crippen LogP contribution in [0.1, 0.15) is 38.0 Å². The normalized spacial score (nSPS) is 11.3. The first-order valence-electron chi connectivity index (χ1n) is 7.20. The molecule has 0 bridgehead atoms. The van der Waals surface area contributed by atoms with Gasteiger partial charge in [0, 0.05) is 17.0 Å². The van der Waals surface area contributed by atoms with Crippen molar-refractivity contribution in [1.82, 2.24) is 10.1 Å². The predicted molar refractivity (Wildman–Crippen MR) is 87.2 cm³/mol. The van der Waals surface area contributed by atoms with E-state index in [1.54, 1.807) is 20.8 Å². The number of benzene rings is 1. The molecule has 0 saturated heterocycles. The summed E-state index contributed by atoms with van der Waals surface area (Å²) >= 11 is 5.85. The Hall–Kier alpha value is -2.14. The molecule has 0 fully saturated rings. The maximum Gasteiger partial charge on any atom is 0.334 e. The molecule has 0 atom stereocenters. The van der Waals surface area contributed by atoms with Crippen molar-refractivity contribution in [3.63, 3.8) is 0 Å². The summed E-state index contributed by atoms with van der Waals surface area (Å²) < 4.78 is 10.4. The molecule has 2 aromatic rings. The van der Waals surface area contributed by atoms with Gasteiger partial charge in [-0.25, -0.2) is 4.79 Å². The third kappa shape index (κ3) is 5.53. The van der Waals surface area contributed by atoms with Crippen molar-refractivity contribution in [3.8, 4) is 0 Å². The van der Waals surface area contributed by atoms with E-state index in [0.29, 0.717) is 23.2 Å². The highest BCUT2D eigenvalue weighted by molar-refractivity contribution is 6.30. The molecule has 0 aliphatic heterocycles. The number of rotatable bonds is 5.